The largest absolute Gasteiger partial charge is 0.481 e. The van der Waals surface area contributed by atoms with E-state index in [2.05, 4.69) is 0 Å². The smallest absolute Gasteiger partial charge is 0.307 e. The molecule has 8 heteroatoms. The van der Waals surface area contributed by atoms with Crippen LogP contribution in [-0.2, 0) is 21.1 Å². The second-order valence-corrected chi connectivity index (χ2v) is 8.78. The van der Waals surface area contributed by atoms with E-state index in [0.29, 0.717) is 21.9 Å². The van der Waals surface area contributed by atoms with Crippen LogP contribution in [0.4, 0.5) is 4.39 Å². The van der Waals surface area contributed by atoms with Gasteiger partial charge in [0.05, 0.1) is 16.3 Å². The molecule has 0 fully saturated rings. The fourth-order valence-electron chi connectivity index (χ4n) is 2.94. The second kappa shape index (κ2) is 7.41. The lowest BCUT2D eigenvalue weighted by Crippen LogP contribution is -2.04. The van der Waals surface area contributed by atoms with Gasteiger partial charge in [-0.2, -0.15) is 0 Å². The minimum atomic E-state index is -3.49. The minimum Gasteiger partial charge on any atom is -0.481 e. The number of fused-ring (bicyclic) bond motifs is 1. The maximum absolute atomic E-state index is 13.8. The average molecular weight is 423 g/mol. The summed E-state index contributed by atoms with van der Waals surface area (Å²) in [6.07, 6.45) is 0.827. The molecular weight excluding hydrogens is 407 g/mol. The molecule has 0 amide bonds. The van der Waals surface area contributed by atoms with E-state index in [1.807, 2.05) is 0 Å². The van der Waals surface area contributed by atoms with E-state index in [1.54, 1.807) is 19.1 Å². The zero-order valence-corrected chi connectivity index (χ0v) is 16.6. The minimum absolute atomic E-state index is 0.00479. The van der Waals surface area contributed by atoms with Crippen molar-refractivity contribution in [3.05, 3.63) is 64.4 Å². The molecule has 5 nitrogen and oxygen atoms in total. The number of hydrogen-bond donors (Lipinski definition) is 1. The summed E-state index contributed by atoms with van der Waals surface area (Å²) in [7, 11) is -3.49. The van der Waals surface area contributed by atoms with Gasteiger partial charge in [-0.15, -0.1) is 0 Å². The summed E-state index contributed by atoms with van der Waals surface area (Å²) in [6.45, 7) is 1.68. The third-order valence-corrected chi connectivity index (χ3v) is 5.86. The predicted molar refractivity (Wildman–Crippen MR) is 105 cm³/mol. The van der Waals surface area contributed by atoms with Crippen LogP contribution in [0, 0.1) is 12.7 Å². The van der Waals surface area contributed by atoms with Crippen molar-refractivity contribution in [2.45, 2.75) is 18.2 Å². The molecule has 0 radical (unpaired) electrons. The third kappa shape index (κ3) is 4.10. The van der Waals surface area contributed by atoms with Gasteiger partial charge < -0.3 is 9.84 Å². The lowest BCUT2D eigenvalue weighted by Gasteiger charge is -2.16. The molecule has 0 saturated heterocycles. The van der Waals surface area contributed by atoms with Crippen molar-refractivity contribution in [3.8, 4) is 11.5 Å². The molecule has 3 aromatic carbocycles. The van der Waals surface area contributed by atoms with Gasteiger partial charge in [0.2, 0.25) is 0 Å². The van der Waals surface area contributed by atoms with Gasteiger partial charge in [0.15, 0.2) is 9.84 Å². The molecule has 3 rings (SSSR count). The number of rotatable bonds is 5. The monoisotopic (exact) mass is 422 g/mol. The van der Waals surface area contributed by atoms with E-state index in [-0.39, 0.29) is 27.8 Å². The first kappa shape index (κ1) is 20.1. The number of benzene rings is 3. The fourth-order valence-corrected chi connectivity index (χ4v) is 4.26. The Bertz CT molecular complexity index is 1200. The highest BCUT2D eigenvalue weighted by molar-refractivity contribution is 7.90. The molecule has 0 atom stereocenters. The third-order valence-electron chi connectivity index (χ3n) is 4.28. The summed E-state index contributed by atoms with van der Waals surface area (Å²) in [5.74, 6) is -0.931. The van der Waals surface area contributed by atoms with E-state index in [0.717, 1.165) is 6.26 Å². The molecule has 146 valence electrons. The SMILES string of the molecule is Cc1c(CC(=O)O)cc2ccc(F)cc2c1Oc1ccc(S(C)(=O)=O)c(Cl)c1. The van der Waals surface area contributed by atoms with Crippen molar-refractivity contribution in [3.63, 3.8) is 0 Å². The topological polar surface area (TPSA) is 80.7 Å². The molecule has 0 spiro atoms. The van der Waals surface area contributed by atoms with Gasteiger partial charge in [-0.25, -0.2) is 12.8 Å². The van der Waals surface area contributed by atoms with Gasteiger partial charge in [-0.3, -0.25) is 4.79 Å². The molecule has 0 aliphatic rings. The first-order valence-electron chi connectivity index (χ1n) is 8.17. The molecule has 3 aromatic rings. The summed E-state index contributed by atoms with van der Waals surface area (Å²) in [4.78, 5) is 11.1. The van der Waals surface area contributed by atoms with Gasteiger partial charge >= 0.3 is 5.97 Å². The molecule has 0 unspecified atom stereocenters. The van der Waals surface area contributed by atoms with Crippen LogP contribution in [0.3, 0.4) is 0 Å². The number of carboxylic acid groups (broad SMARTS) is 1. The lowest BCUT2D eigenvalue weighted by atomic mass is 9.98. The average Bonchev–Trinajstić information content (AvgIpc) is 2.57. The van der Waals surface area contributed by atoms with Crippen molar-refractivity contribution < 1.29 is 27.4 Å². The van der Waals surface area contributed by atoms with E-state index in [4.69, 9.17) is 21.4 Å². The zero-order valence-electron chi connectivity index (χ0n) is 15.0. The van der Waals surface area contributed by atoms with Crippen molar-refractivity contribution in [1.29, 1.82) is 0 Å². The van der Waals surface area contributed by atoms with Crippen molar-refractivity contribution >= 4 is 38.2 Å². The second-order valence-electron chi connectivity index (χ2n) is 6.39. The standard InChI is InChI=1S/C20H16ClFO5S/c1-11-13(8-19(23)24)7-12-3-4-14(22)9-16(12)20(11)27-15-5-6-18(17(21)10-15)28(2,25)26/h3-7,9-10H,8H2,1-2H3,(H,23,24). The van der Waals surface area contributed by atoms with Crippen LogP contribution < -0.4 is 4.74 Å². The Morgan fingerprint density at radius 2 is 1.89 bits per heavy atom. The van der Waals surface area contributed by atoms with Gasteiger partial charge in [0.1, 0.15) is 17.3 Å². The molecule has 0 aromatic heterocycles. The first-order valence-corrected chi connectivity index (χ1v) is 10.4. The molecule has 0 saturated carbocycles. The van der Waals surface area contributed by atoms with Crippen LogP contribution in [0.2, 0.25) is 5.02 Å². The van der Waals surface area contributed by atoms with E-state index in [1.165, 1.54) is 30.3 Å². The Morgan fingerprint density at radius 1 is 1.18 bits per heavy atom. The molecule has 0 bridgehead atoms. The Morgan fingerprint density at radius 3 is 2.50 bits per heavy atom. The van der Waals surface area contributed by atoms with Crippen molar-refractivity contribution in [1.82, 2.24) is 0 Å². The van der Waals surface area contributed by atoms with Gasteiger partial charge in [0.25, 0.3) is 0 Å². The van der Waals surface area contributed by atoms with E-state index >= 15 is 0 Å². The number of hydrogen-bond acceptors (Lipinski definition) is 4. The maximum atomic E-state index is 13.8. The Hall–Kier alpha value is -2.64. The van der Waals surface area contributed by atoms with Crippen LogP contribution >= 0.6 is 11.6 Å². The molecular formula is C20H16ClFO5S. The molecule has 28 heavy (non-hydrogen) atoms. The predicted octanol–water partition coefficient (Wildman–Crippen LogP) is 4.76. The summed E-state index contributed by atoms with van der Waals surface area (Å²) in [5.41, 5.74) is 1.07. The summed E-state index contributed by atoms with van der Waals surface area (Å²) in [5, 5.41) is 10.2. The first-order chi connectivity index (χ1) is 13.1. The Labute approximate surface area is 166 Å². The van der Waals surface area contributed by atoms with Crippen LogP contribution in [-0.4, -0.2) is 25.7 Å². The van der Waals surface area contributed by atoms with Gasteiger partial charge in [0, 0.05) is 17.7 Å². The highest BCUT2D eigenvalue weighted by Gasteiger charge is 2.17. The van der Waals surface area contributed by atoms with Gasteiger partial charge in [-0.05, 0) is 47.7 Å². The number of carbonyl (C=O) groups is 1. The highest BCUT2D eigenvalue weighted by Crippen LogP contribution is 2.37. The summed E-state index contributed by atoms with van der Waals surface area (Å²) < 4.78 is 43.1. The van der Waals surface area contributed by atoms with Crippen LogP contribution in [0.25, 0.3) is 10.8 Å². The van der Waals surface area contributed by atoms with E-state index < -0.39 is 21.6 Å². The molecule has 0 aliphatic heterocycles. The summed E-state index contributed by atoms with van der Waals surface area (Å²) >= 11 is 6.07. The van der Waals surface area contributed by atoms with Gasteiger partial charge in [-0.1, -0.05) is 23.7 Å². The Balaban J connectivity index is 2.16. The number of aliphatic carboxylic acids is 1. The number of halogens is 2. The fraction of sp³-hybridized carbons (Fsp3) is 0.150. The normalized spacial score (nSPS) is 11.6. The summed E-state index contributed by atoms with van der Waals surface area (Å²) in [6, 6.07) is 9.93. The van der Waals surface area contributed by atoms with Crippen LogP contribution in [0.1, 0.15) is 11.1 Å². The molecule has 0 aliphatic carbocycles. The number of ether oxygens (including phenoxy) is 1. The van der Waals surface area contributed by atoms with Crippen LogP contribution in [0.15, 0.2) is 47.4 Å². The number of carboxylic acids is 1. The Kier molecular flexibility index (Phi) is 5.32. The van der Waals surface area contributed by atoms with Crippen LogP contribution in [0.5, 0.6) is 11.5 Å². The van der Waals surface area contributed by atoms with Crippen molar-refractivity contribution in [2.24, 2.45) is 0 Å². The highest BCUT2D eigenvalue weighted by atomic mass is 35.5. The zero-order chi connectivity index (χ0) is 20.6. The van der Waals surface area contributed by atoms with Crippen molar-refractivity contribution in [2.75, 3.05) is 6.26 Å². The molecule has 0 heterocycles. The van der Waals surface area contributed by atoms with E-state index in [9.17, 15) is 17.6 Å². The number of sulfone groups is 1. The molecule has 1 N–H and O–H groups in total. The quantitative estimate of drug-likeness (QED) is 0.641. The maximum Gasteiger partial charge on any atom is 0.307 e. The lowest BCUT2D eigenvalue weighted by molar-refractivity contribution is -0.136.